The Morgan fingerprint density at radius 1 is 1.38 bits per heavy atom. The molecular weight excluding hydrogens is 333 g/mol. The molecular formula is C11H20IN3S. The third-order valence-electron chi connectivity index (χ3n) is 1.86. The number of hydrogen-bond acceptors (Lipinski definition) is 2. The van der Waals surface area contributed by atoms with Gasteiger partial charge in [0.15, 0.2) is 5.96 Å². The van der Waals surface area contributed by atoms with E-state index in [-0.39, 0.29) is 24.0 Å². The van der Waals surface area contributed by atoms with Crippen molar-refractivity contribution in [3.8, 4) is 0 Å². The summed E-state index contributed by atoms with van der Waals surface area (Å²) < 4.78 is 0. The van der Waals surface area contributed by atoms with Crippen LogP contribution in [0.4, 0.5) is 0 Å². The van der Waals surface area contributed by atoms with Crippen molar-refractivity contribution in [3.05, 3.63) is 22.4 Å². The van der Waals surface area contributed by atoms with Crippen molar-refractivity contribution in [2.45, 2.75) is 26.8 Å². The van der Waals surface area contributed by atoms with Crippen LogP contribution < -0.4 is 10.6 Å². The van der Waals surface area contributed by atoms with Gasteiger partial charge in [0.05, 0.1) is 6.54 Å². The summed E-state index contributed by atoms with van der Waals surface area (Å²) in [5, 5.41) is 8.58. The lowest BCUT2D eigenvalue weighted by Gasteiger charge is -2.09. The van der Waals surface area contributed by atoms with Gasteiger partial charge in [0.25, 0.3) is 0 Å². The number of aliphatic imine (C=N–C) groups is 1. The van der Waals surface area contributed by atoms with Crippen LogP contribution in [0.5, 0.6) is 0 Å². The molecule has 0 saturated heterocycles. The van der Waals surface area contributed by atoms with Crippen molar-refractivity contribution in [2.75, 3.05) is 13.1 Å². The monoisotopic (exact) mass is 353 g/mol. The van der Waals surface area contributed by atoms with Crippen LogP contribution in [-0.2, 0) is 6.54 Å². The standard InChI is InChI=1S/C11H19N3S.HI/c1-3-7-13-11(12-4-2)14-9-10-6-5-8-15-10;/h5-6,8H,3-4,7,9H2,1-2H3,(H2,12,13,14);1H. The summed E-state index contributed by atoms with van der Waals surface area (Å²) in [4.78, 5) is 5.79. The summed E-state index contributed by atoms with van der Waals surface area (Å²) in [6.45, 7) is 6.86. The van der Waals surface area contributed by atoms with E-state index in [0.29, 0.717) is 0 Å². The van der Waals surface area contributed by atoms with Gasteiger partial charge < -0.3 is 10.6 Å². The van der Waals surface area contributed by atoms with Crippen LogP contribution in [0.25, 0.3) is 0 Å². The van der Waals surface area contributed by atoms with Crippen LogP contribution in [0.2, 0.25) is 0 Å². The highest BCUT2D eigenvalue weighted by Crippen LogP contribution is 2.09. The van der Waals surface area contributed by atoms with Gasteiger partial charge >= 0.3 is 0 Å². The van der Waals surface area contributed by atoms with E-state index in [1.807, 2.05) is 0 Å². The Kier molecular flexibility index (Phi) is 9.71. The third-order valence-corrected chi connectivity index (χ3v) is 2.72. The lowest BCUT2D eigenvalue weighted by atomic mass is 10.5. The predicted octanol–water partition coefficient (Wildman–Crippen LogP) is 2.83. The number of nitrogens with zero attached hydrogens (tertiary/aromatic N) is 1. The number of hydrogen-bond donors (Lipinski definition) is 2. The van der Waals surface area contributed by atoms with Crippen molar-refractivity contribution >= 4 is 41.3 Å². The molecule has 0 amide bonds. The minimum absolute atomic E-state index is 0. The molecule has 0 radical (unpaired) electrons. The number of nitrogens with one attached hydrogen (secondary N) is 2. The summed E-state index contributed by atoms with van der Waals surface area (Å²) in [7, 11) is 0. The van der Waals surface area contributed by atoms with Gasteiger partial charge in [-0.2, -0.15) is 0 Å². The van der Waals surface area contributed by atoms with Crippen LogP contribution in [0.1, 0.15) is 25.1 Å². The van der Waals surface area contributed by atoms with Gasteiger partial charge in [0, 0.05) is 18.0 Å². The molecule has 1 rings (SSSR count). The zero-order valence-electron chi connectivity index (χ0n) is 9.82. The molecule has 0 aliphatic carbocycles. The SMILES string of the molecule is CCCNC(=NCc1cccs1)NCC.I. The van der Waals surface area contributed by atoms with E-state index in [4.69, 9.17) is 0 Å². The number of halogens is 1. The molecule has 1 heterocycles. The molecule has 1 aromatic heterocycles. The summed E-state index contributed by atoms with van der Waals surface area (Å²) in [6.07, 6.45) is 1.11. The fraction of sp³-hybridized carbons (Fsp3) is 0.545. The molecule has 0 unspecified atom stereocenters. The van der Waals surface area contributed by atoms with Crippen LogP contribution in [-0.4, -0.2) is 19.0 Å². The Labute approximate surface area is 119 Å². The van der Waals surface area contributed by atoms with E-state index in [1.54, 1.807) is 11.3 Å². The Bertz CT molecular complexity index is 285. The van der Waals surface area contributed by atoms with Crippen LogP contribution in [0.3, 0.4) is 0 Å². The van der Waals surface area contributed by atoms with Crippen molar-refractivity contribution in [1.29, 1.82) is 0 Å². The van der Waals surface area contributed by atoms with E-state index >= 15 is 0 Å². The van der Waals surface area contributed by atoms with Gasteiger partial charge in [-0.15, -0.1) is 35.3 Å². The van der Waals surface area contributed by atoms with E-state index in [1.165, 1.54) is 4.88 Å². The summed E-state index contributed by atoms with van der Waals surface area (Å²) >= 11 is 1.74. The predicted molar refractivity (Wildman–Crippen MR) is 82.8 cm³/mol. The van der Waals surface area contributed by atoms with Gasteiger partial charge in [-0.1, -0.05) is 13.0 Å². The molecule has 16 heavy (non-hydrogen) atoms. The van der Waals surface area contributed by atoms with E-state index in [2.05, 4.69) is 47.0 Å². The fourth-order valence-corrected chi connectivity index (χ4v) is 1.77. The van der Waals surface area contributed by atoms with Crippen molar-refractivity contribution in [1.82, 2.24) is 10.6 Å². The molecule has 0 atom stereocenters. The Morgan fingerprint density at radius 2 is 2.19 bits per heavy atom. The second kappa shape index (κ2) is 9.89. The molecule has 92 valence electrons. The Balaban J connectivity index is 0.00000225. The third kappa shape index (κ3) is 6.32. The first-order valence-corrected chi connectivity index (χ1v) is 6.29. The molecule has 0 bridgehead atoms. The molecule has 3 nitrogen and oxygen atoms in total. The molecule has 2 N–H and O–H groups in total. The van der Waals surface area contributed by atoms with Gasteiger partial charge in [-0.05, 0) is 24.8 Å². The largest absolute Gasteiger partial charge is 0.357 e. The maximum absolute atomic E-state index is 4.50. The van der Waals surface area contributed by atoms with Gasteiger partial charge in [-0.25, -0.2) is 4.99 Å². The number of guanidine groups is 1. The highest BCUT2D eigenvalue weighted by molar-refractivity contribution is 14.0. The summed E-state index contributed by atoms with van der Waals surface area (Å²) in [5.41, 5.74) is 0. The summed E-state index contributed by atoms with van der Waals surface area (Å²) in [6, 6.07) is 4.17. The normalized spacial score (nSPS) is 10.8. The molecule has 0 spiro atoms. The zero-order valence-corrected chi connectivity index (χ0v) is 13.0. The quantitative estimate of drug-likeness (QED) is 0.485. The number of rotatable bonds is 5. The minimum atomic E-state index is 0. The minimum Gasteiger partial charge on any atom is -0.357 e. The van der Waals surface area contributed by atoms with Crippen molar-refractivity contribution in [3.63, 3.8) is 0 Å². The van der Waals surface area contributed by atoms with Crippen molar-refractivity contribution < 1.29 is 0 Å². The molecule has 0 aromatic carbocycles. The van der Waals surface area contributed by atoms with Gasteiger partial charge in [-0.3, -0.25) is 0 Å². The lowest BCUT2D eigenvalue weighted by molar-refractivity contribution is 0.786. The molecule has 0 fully saturated rings. The van der Waals surface area contributed by atoms with Crippen LogP contribution >= 0.6 is 35.3 Å². The van der Waals surface area contributed by atoms with E-state index in [9.17, 15) is 0 Å². The second-order valence-electron chi connectivity index (χ2n) is 3.20. The molecule has 0 aliphatic heterocycles. The first kappa shape index (κ1) is 15.7. The van der Waals surface area contributed by atoms with Crippen LogP contribution in [0.15, 0.2) is 22.5 Å². The highest BCUT2D eigenvalue weighted by atomic mass is 127. The first-order valence-electron chi connectivity index (χ1n) is 5.41. The smallest absolute Gasteiger partial charge is 0.191 e. The average Bonchev–Trinajstić information content (AvgIpc) is 2.75. The average molecular weight is 353 g/mol. The molecule has 1 aromatic rings. The van der Waals surface area contributed by atoms with Gasteiger partial charge in [0.1, 0.15) is 0 Å². The molecule has 0 aliphatic rings. The maximum atomic E-state index is 4.50. The first-order chi connectivity index (χ1) is 7.36. The van der Waals surface area contributed by atoms with E-state index in [0.717, 1.165) is 32.0 Å². The molecule has 0 saturated carbocycles. The Hall–Kier alpha value is -0.300. The second-order valence-corrected chi connectivity index (χ2v) is 4.23. The fourth-order valence-electron chi connectivity index (χ4n) is 1.14. The maximum Gasteiger partial charge on any atom is 0.191 e. The van der Waals surface area contributed by atoms with Gasteiger partial charge in [0.2, 0.25) is 0 Å². The lowest BCUT2D eigenvalue weighted by Crippen LogP contribution is -2.37. The van der Waals surface area contributed by atoms with E-state index < -0.39 is 0 Å². The Morgan fingerprint density at radius 3 is 2.75 bits per heavy atom. The van der Waals surface area contributed by atoms with Crippen LogP contribution in [0, 0.1) is 0 Å². The van der Waals surface area contributed by atoms with Crippen molar-refractivity contribution in [2.24, 2.45) is 4.99 Å². The number of thiophene rings is 1. The molecule has 5 heteroatoms. The topological polar surface area (TPSA) is 36.4 Å². The zero-order chi connectivity index (χ0) is 10.9. The highest BCUT2D eigenvalue weighted by Gasteiger charge is 1.96. The summed E-state index contributed by atoms with van der Waals surface area (Å²) in [5.74, 6) is 0.910.